The van der Waals surface area contributed by atoms with Crippen LogP contribution in [0.3, 0.4) is 0 Å². The Kier molecular flexibility index (Phi) is 4.91. The van der Waals surface area contributed by atoms with Crippen molar-refractivity contribution in [1.29, 1.82) is 0 Å². The molecule has 104 valence electrons. The highest BCUT2D eigenvalue weighted by molar-refractivity contribution is 5.90. The average molecular weight is 268 g/mol. The van der Waals surface area contributed by atoms with E-state index >= 15 is 0 Å². The van der Waals surface area contributed by atoms with Crippen molar-refractivity contribution in [2.75, 3.05) is 11.6 Å². The van der Waals surface area contributed by atoms with Gasteiger partial charge in [-0.25, -0.2) is 10.0 Å². The minimum Gasteiger partial charge on any atom is -0.273 e. The van der Waals surface area contributed by atoms with Crippen LogP contribution >= 0.6 is 0 Å². The van der Waals surface area contributed by atoms with Crippen LogP contribution in [0.15, 0.2) is 60.7 Å². The number of para-hydroxylation sites is 1. The highest BCUT2D eigenvalue weighted by Crippen LogP contribution is 2.18. The molecular formula is C17H20N2O. The summed E-state index contributed by atoms with van der Waals surface area (Å²) in [5.41, 5.74) is 2.09. The quantitative estimate of drug-likeness (QED) is 0.775. The zero-order chi connectivity index (χ0) is 14.4. The van der Waals surface area contributed by atoms with E-state index in [0.717, 1.165) is 12.2 Å². The molecule has 2 aromatic carbocycles. The molecule has 3 nitrogen and oxygen atoms in total. The number of hydrazine groups is 1. The van der Waals surface area contributed by atoms with Gasteiger partial charge in [0.25, 0.3) is 0 Å². The lowest BCUT2D eigenvalue weighted by Gasteiger charge is -2.33. The molecule has 1 amide bonds. The zero-order valence-corrected chi connectivity index (χ0v) is 12.0. The molecule has 0 aliphatic rings. The van der Waals surface area contributed by atoms with Crippen molar-refractivity contribution in [3.05, 3.63) is 66.2 Å². The molecule has 0 fully saturated rings. The maximum Gasteiger partial charge on any atom is 0.238 e. The van der Waals surface area contributed by atoms with Gasteiger partial charge in [0, 0.05) is 20.0 Å². The highest BCUT2D eigenvalue weighted by Gasteiger charge is 2.18. The minimum absolute atomic E-state index is 0.0222. The topological polar surface area (TPSA) is 23.6 Å². The SMILES string of the molecule is CCN(Cc1ccccc1)N(C(C)=O)c1ccccc1. The molecule has 0 radical (unpaired) electrons. The van der Waals surface area contributed by atoms with Crippen LogP contribution in [0.4, 0.5) is 5.69 Å². The maximum absolute atomic E-state index is 12.0. The molecule has 0 saturated heterocycles. The summed E-state index contributed by atoms with van der Waals surface area (Å²) < 4.78 is 0. The van der Waals surface area contributed by atoms with Crippen LogP contribution in [0.25, 0.3) is 0 Å². The third kappa shape index (κ3) is 3.45. The van der Waals surface area contributed by atoms with Crippen LogP contribution in [0.2, 0.25) is 0 Å². The van der Waals surface area contributed by atoms with Crippen molar-refractivity contribution >= 4 is 11.6 Å². The number of hydrogen-bond donors (Lipinski definition) is 0. The van der Waals surface area contributed by atoms with E-state index in [1.54, 1.807) is 11.9 Å². The van der Waals surface area contributed by atoms with Crippen molar-refractivity contribution in [2.45, 2.75) is 20.4 Å². The highest BCUT2D eigenvalue weighted by atomic mass is 16.2. The Bertz CT molecular complexity index is 539. The van der Waals surface area contributed by atoms with Gasteiger partial charge < -0.3 is 0 Å². The summed E-state index contributed by atoms with van der Waals surface area (Å²) in [5, 5.41) is 3.79. The first kappa shape index (κ1) is 14.3. The van der Waals surface area contributed by atoms with Gasteiger partial charge in [-0.2, -0.15) is 0 Å². The summed E-state index contributed by atoms with van der Waals surface area (Å²) >= 11 is 0. The second kappa shape index (κ2) is 6.87. The molecule has 3 heteroatoms. The molecule has 0 heterocycles. The Morgan fingerprint density at radius 1 is 0.950 bits per heavy atom. The number of benzene rings is 2. The molecule has 0 aromatic heterocycles. The van der Waals surface area contributed by atoms with Crippen LogP contribution < -0.4 is 5.01 Å². The molecular weight excluding hydrogens is 248 g/mol. The number of rotatable bonds is 5. The van der Waals surface area contributed by atoms with Crippen molar-refractivity contribution in [1.82, 2.24) is 5.01 Å². The Labute approximate surface area is 120 Å². The molecule has 0 spiro atoms. The van der Waals surface area contributed by atoms with Crippen molar-refractivity contribution < 1.29 is 4.79 Å². The summed E-state index contributed by atoms with van der Waals surface area (Å²) in [7, 11) is 0. The van der Waals surface area contributed by atoms with Gasteiger partial charge in [0.1, 0.15) is 0 Å². The number of carbonyl (C=O) groups excluding carboxylic acids is 1. The van der Waals surface area contributed by atoms with Crippen LogP contribution in [0.1, 0.15) is 19.4 Å². The van der Waals surface area contributed by atoms with Crippen molar-refractivity contribution in [3.63, 3.8) is 0 Å². The van der Waals surface area contributed by atoms with E-state index in [1.165, 1.54) is 5.56 Å². The normalized spacial score (nSPS) is 10.6. The summed E-state index contributed by atoms with van der Waals surface area (Å²) in [5.74, 6) is 0.0222. The van der Waals surface area contributed by atoms with Gasteiger partial charge in [-0.15, -0.1) is 0 Å². The van der Waals surface area contributed by atoms with E-state index in [0.29, 0.717) is 6.54 Å². The van der Waals surface area contributed by atoms with Gasteiger partial charge in [-0.1, -0.05) is 55.5 Å². The summed E-state index contributed by atoms with van der Waals surface area (Å²) in [6.45, 7) is 5.14. The van der Waals surface area contributed by atoms with Gasteiger partial charge in [-0.05, 0) is 17.7 Å². The Hall–Kier alpha value is -2.13. The predicted octanol–water partition coefficient (Wildman–Crippen LogP) is 3.48. The van der Waals surface area contributed by atoms with Gasteiger partial charge >= 0.3 is 0 Å². The number of anilines is 1. The largest absolute Gasteiger partial charge is 0.273 e. The van der Waals surface area contributed by atoms with Crippen LogP contribution in [-0.2, 0) is 11.3 Å². The fraction of sp³-hybridized carbons (Fsp3) is 0.235. The van der Waals surface area contributed by atoms with Crippen molar-refractivity contribution in [3.8, 4) is 0 Å². The lowest BCUT2D eigenvalue weighted by molar-refractivity contribution is -0.119. The monoisotopic (exact) mass is 268 g/mol. The van der Waals surface area contributed by atoms with E-state index in [4.69, 9.17) is 0 Å². The summed E-state index contributed by atoms with van der Waals surface area (Å²) in [6.07, 6.45) is 0. The number of nitrogens with zero attached hydrogens (tertiary/aromatic N) is 2. The van der Waals surface area contributed by atoms with Crippen LogP contribution in [0, 0.1) is 0 Å². The van der Waals surface area contributed by atoms with Gasteiger partial charge in [0.15, 0.2) is 0 Å². The third-order valence-electron chi connectivity index (χ3n) is 3.15. The van der Waals surface area contributed by atoms with Gasteiger partial charge in [0.2, 0.25) is 5.91 Å². The van der Waals surface area contributed by atoms with Gasteiger partial charge in [-0.3, -0.25) is 4.79 Å². The van der Waals surface area contributed by atoms with E-state index in [-0.39, 0.29) is 5.91 Å². The van der Waals surface area contributed by atoms with Gasteiger partial charge in [0.05, 0.1) is 5.69 Å². The molecule has 0 aliphatic carbocycles. The standard InChI is InChI=1S/C17H20N2O/c1-3-18(14-16-10-6-4-7-11-16)19(15(2)20)17-12-8-5-9-13-17/h4-13H,3,14H2,1-2H3. The molecule has 0 aliphatic heterocycles. The molecule has 0 bridgehead atoms. The lowest BCUT2D eigenvalue weighted by atomic mass is 10.2. The first-order valence-corrected chi connectivity index (χ1v) is 6.87. The minimum atomic E-state index is 0.0222. The molecule has 0 atom stereocenters. The number of amides is 1. The fourth-order valence-electron chi connectivity index (χ4n) is 2.23. The Balaban J connectivity index is 2.25. The second-order valence-corrected chi connectivity index (χ2v) is 4.63. The molecule has 0 unspecified atom stereocenters. The van der Waals surface area contributed by atoms with Crippen molar-refractivity contribution in [2.24, 2.45) is 0 Å². The molecule has 2 aromatic rings. The van der Waals surface area contributed by atoms with E-state index < -0.39 is 0 Å². The number of hydrogen-bond acceptors (Lipinski definition) is 2. The number of carbonyl (C=O) groups is 1. The molecule has 0 N–H and O–H groups in total. The van der Waals surface area contributed by atoms with E-state index in [9.17, 15) is 4.79 Å². The third-order valence-corrected chi connectivity index (χ3v) is 3.15. The maximum atomic E-state index is 12.0. The Morgan fingerprint density at radius 3 is 2.00 bits per heavy atom. The van der Waals surface area contributed by atoms with E-state index in [2.05, 4.69) is 19.1 Å². The molecule has 0 saturated carbocycles. The van der Waals surface area contributed by atoms with Crippen LogP contribution in [-0.4, -0.2) is 17.5 Å². The van der Waals surface area contributed by atoms with E-state index in [1.807, 2.05) is 53.5 Å². The predicted molar refractivity (Wildman–Crippen MR) is 82.1 cm³/mol. The Morgan fingerprint density at radius 2 is 1.50 bits per heavy atom. The summed E-state index contributed by atoms with van der Waals surface area (Å²) in [4.78, 5) is 12.0. The molecule has 20 heavy (non-hydrogen) atoms. The second-order valence-electron chi connectivity index (χ2n) is 4.63. The summed E-state index contributed by atoms with van der Waals surface area (Å²) in [6, 6.07) is 19.9. The smallest absolute Gasteiger partial charge is 0.238 e. The fourth-order valence-corrected chi connectivity index (χ4v) is 2.23. The zero-order valence-electron chi connectivity index (χ0n) is 12.0. The van der Waals surface area contributed by atoms with Crippen LogP contribution in [0.5, 0.6) is 0 Å². The first-order chi connectivity index (χ1) is 9.72. The lowest BCUT2D eigenvalue weighted by Crippen LogP contribution is -2.45. The first-order valence-electron chi connectivity index (χ1n) is 6.87. The molecule has 2 rings (SSSR count). The average Bonchev–Trinajstić information content (AvgIpc) is 2.48.